The molecule has 1 atom stereocenters. The highest BCUT2D eigenvalue weighted by molar-refractivity contribution is 6.35. The molecule has 3 N–H and O–H groups in total. The van der Waals surface area contributed by atoms with E-state index in [1.165, 1.54) is 12.1 Å². The smallest absolute Gasteiger partial charge is 0.275 e. The van der Waals surface area contributed by atoms with Crippen LogP contribution in [0.3, 0.4) is 0 Å². The molecule has 0 bridgehead atoms. The third-order valence-electron chi connectivity index (χ3n) is 4.13. The molecule has 0 unspecified atom stereocenters. The molecular formula is C19H23Cl2FN3O+. The molecule has 2 aromatic rings. The number of hydrogen-bond donors (Lipinski definition) is 2. The summed E-state index contributed by atoms with van der Waals surface area (Å²) in [6.45, 7) is 2.55. The topological polar surface area (TPSA) is 49.0 Å². The number of carbonyl (C=O) groups excluding carboxylic acids is 1. The van der Waals surface area contributed by atoms with E-state index in [4.69, 9.17) is 23.2 Å². The summed E-state index contributed by atoms with van der Waals surface area (Å²) in [5.41, 5.74) is 2.75. The van der Waals surface area contributed by atoms with E-state index in [9.17, 15) is 9.18 Å². The number of anilines is 1. The highest BCUT2D eigenvalue weighted by Gasteiger charge is 2.17. The molecule has 26 heavy (non-hydrogen) atoms. The third kappa shape index (κ3) is 5.59. The number of hydrogen-bond acceptors (Lipinski definition) is 2. The van der Waals surface area contributed by atoms with Gasteiger partial charge >= 0.3 is 0 Å². The molecule has 0 spiro atoms. The minimum atomic E-state index is -0.517. The molecule has 2 rings (SSSR count). The predicted molar refractivity (Wildman–Crippen MR) is 104 cm³/mol. The fourth-order valence-corrected chi connectivity index (χ4v) is 3.04. The Morgan fingerprint density at radius 2 is 1.85 bits per heavy atom. The van der Waals surface area contributed by atoms with Gasteiger partial charge in [0.05, 0.1) is 10.0 Å². The minimum Gasteiger partial charge on any atom is -0.378 e. The number of nitrogens with zero attached hydrogens (tertiary/aromatic N) is 1. The van der Waals surface area contributed by atoms with Crippen LogP contribution in [0, 0.1) is 5.82 Å². The van der Waals surface area contributed by atoms with Crippen molar-refractivity contribution < 1.29 is 14.5 Å². The highest BCUT2D eigenvalue weighted by atomic mass is 35.5. The standard InChI is InChI=1S/C19H22Cl2FN3O/c1-12(15-8-18(22)17(21)9-16(15)20)23-11-19(26)24-10-13-4-6-14(7-5-13)25(2)3/h4-9,12,23H,10-11H2,1-3H3,(H,24,26)/p+1/t12-/m1/s1. The average molecular weight is 399 g/mol. The predicted octanol–water partition coefficient (Wildman–Crippen LogP) is 3.14. The van der Waals surface area contributed by atoms with Gasteiger partial charge in [-0.15, -0.1) is 0 Å². The first-order valence-electron chi connectivity index (χ1n) is 8.28. The van der Waals surface area contributed by atoms with E-state index in [1.807, 2.05) is 50.2 Å². The average Bonchev–Trinajstić information content (AvgIpc) is 2.61. The van der Waals surface area contributed by atoms with Crippen LogP contribution >= 0.6 is 23.2 Å². The van der Waals surface area contributed by atoms with Crippen LogP contribution in [-0.4, -0.2) is 26.5 Å². The van der Waals surface area contributed by atoms with Crippen LogP contribution in [0.2, 0.25) is 10.0 Å². The lowest BCUT2D eigenvalue weighted by atomic mass is 10.1. The van der Waals surface area contributed by atoms with E-state index in [-0.39, 0.29) is 23.5 Å². The van der Waals surface area contributed by atoms with Gasteiger partial charge in [-0.05, 0) is 36.8 Å². The molecule has 4 nitrogen and oxygen atoms in total. The van der Waals surface area contributed by atoms with E-state index in [1.54, 1.807) is 5.32 Å². The van der Waals surface area contributed by atoms with Gasteiger partial charge in [0, 0.05) is 31.9 Å². The normalized spacial score (nSPS) is 11.9. The fraction of sp³-hybridized carbons (Fsp3) is 0.316. The largest absolute Gasteiger partial charge is 0.378 e. The Hall–Kier alpha value is -1.82. The maximum atomic E-state index is 13.6. The fourth-order valence-electron chi connectivity index (χ4n) is 2.48. The lowest BCUT2D eigenvalue weighted by molar-refractivity contribution is -0.682. The van der Waals surface area contributed by atoms with Gasteiger partial charge < -0.3 is 15.5 Å². The lowest BCUT2D eigenvalue weighted by Crippen LogP contribution is -2.87. The van der Waals surface area contributed by atoms with Gasteiger partial charge in [0.25, 0.3) is 5.91 Å². The van der Waals surface area contributed by atoms with E-state index >= 15 is 0 Å². The van der Waals surface area contributed by atoms with E-state index in [0.717, 1.165) is 11.3 Å². The second-order valence-corrected chi connectivity index (χ2v) is 7.17. The van der Waals surface area contributed by atoms with Crippen molar-refractivity contribution in [1.29, 1.82) is 0 Å². The Labute approximate surface area is 163 Å². The second-order valence-electron chi connectivity index (χ2n) is 6.35. The van der Waals surface area contributed by atoms with Gasteiger partial charge in [-0.25, -0.2) is 4.39 Å². The van der Waals surface area contributed by atoms with Crippen LogP contribution < -0.4 is 15.5 Å². The van der Waals surface area contributed by atoms with E-state index in [0.29, 0.717) is 17.1 Å². The van der Waals surface area contributed by atoms with Crippen molar-refractivity contribution in [2.24, 2.45) is 0 Å². The van der Waals surface area contributed by atoms with Crippen molar-refractivity contribution in [1.82, 2.24) is 5.32 Å². The van der Waals surface area contributed by atoms with Crippen LogP contribution in [-0.2, 0) is 11.3 Å². The van der Waals surface area contributed by atoms with Gasteiger partial charge in [0.15, 0.2) is 6.54 Å². The number of nitrogens with two attached hydrogens (primary N) is 1. The number of amides is 1. The number of quaternary nitrogens is 1. The van der Waals surface area contributed by atoms with Crippen molar-refractivity contribution in [2.45, 2.75) is 19.5 Å². The molecule has 0 fully saturated rings. The van der Waals surface area contributed by atoms with Crippen LogP contribution in [0.15, 0.2) is 36.4 Å². The highest BCUT2D eigenvalue weighted by Crippen LogP contribution is 2.27. The van der Waals surface area contributed by atoms with Gasteiger partial charge in [0.2, 0.25) is 0 Å². The SMILES string of the molecule is C[C@@H]([NH2+]CC(=O)NCc1ccc(N(C)C)cc1)c1cc(F)c(Cl)cc1Cl. The first-order chi connectivity index (χ1) is 12.3. The summed E-state index contributed by atoms with van der Waals surface area (Å²) in [5.74, 6) is -0.615. The molecule has 140 valence electrons. The molecule has 0 heterocycles. The molecule has 0 saturated heterocycles. The van der Waals surface area contributed by atoms with Crippen LogP contribution in [0.25, 0.3) is 0 Å². The molecule has 0 aliphatic rings. The summed E-state index contributed by atoms with van der Waals surface area (Å²) in [6.07, 6.45) is 0. The quantitative estimate of drug-likeness (QED) is 0.703. The molecule has 2 aromatic carbocycles. The van der Waals surface area contributed by atoms with Crippen molar-refractivity contribution >= 4 is 34.8 Å². The lowest BCUT2D eigenvalue weighted by Gasteiger charge is -2.14. The monoisotopic (exact) mass is 398 g/mol. The summed E-state index contributed by atoms with van der Waals surface area (Å²) in [7, 11) is 3.96. The molecule has 0 saturated carbocycles. The summed E-state index contributed by atoms with van der Waals surface area (Å²) in [5, 5.41) is 5.06. The van der Waals surface area contributed by atoms with Crippen molar-refractivity contribution in [2.75, 3.05) is 25.5 Å². The number of benzene rings is 2. The zero-order chi connectivity index (χ0) is 19.3. The van der Waals surface area contributed by atoms with Gasteiger partial charge in [-0.1, -0.05) is 35.3 Å². The van der Waals surface area contributed by atoms with E-state index < -0.39 is 5.82 Å². The third-order valence-corrected chi connectivity index (χ3v) is 4.75. The molecule has 7 heteroatoms. The Morgan fingerprint density at radius 1 is 1.19 bits per heavy atom. The Morgan fingerprint density at radius 3 is 2.46 bits per heavy atom. The van der Waals surface area contributed by atoms with Crippen LogP contribution in [0.5, 0.6) is 0 Å². The summed E-state index contributed by atoms with van der Waals surface area (Å²) in [4.78, 5) is 14.1. The number of carbonyl (C=O) groups is 1. The summed E-state index contributed by atoms with van der Waals surface area (Å²) in [6, 6.07) is 10.5. The first kappa shape index (κ1) is 20.5. The molecule has 1 amide bonds. The van der Waals surface area contributed by atoms with Gasteiger partial charge in [-0.2, -0.15) is 0 Å². The zero-order valence-electron chi connectivity index (χ0n) is 15.0. The maximum absolute atomic E-state index is 13.6. The van der Waals surface area contributed by atoms with Crippen molar-refractivity contribution in [3.05, 3.63) is 63.4 Å². The first-order valence-corrected chi connectivity index (χ1v) is 9.04. The van der Waals surface area contributed by atoms with Crippen LogP contribution in [0.1, 0.15) is 24.1 Å². The van der Waals surface area contributed by atoms with Crippen molar-refractivity contribution in [3.63, 3.8) is 0 Å². The Kier molecular flexibility index (Phi) is 7.26. The molecule has 0 aliphatic carbocycles. The summed E-state index contributed by atoms with van der Waals surface area (Å²) < 4.78 is 13.6. The number of nitrogens with one attached hydrogen (secondary N) is 1. The number of rotatable bonds is 7. The Balaban J connectivity index is 1.84. The van der Waals surface area contributed by atoms with Gasteiger partial charge in [-0.3, -0.25) is 4.79 Å². The Bertz CT molecular complexity index is 766. The second kappa shape index (κ2) is 9.21. The molecule has 0 radical (unpaired) electrons. The molecule has 0 aromatic heterocycles. The van der Waals surface area contributed by atoms with Gasteiger partial charge in [0.1, 0.15) is 11.9 Å². The summed E-state index contributed by atoms with van der Waals surface area (Å²) >= 11 is 11.8. The molecular weight excluding hydrogens is 376 g/mol. The zero-order valence-corrected chi connectivity index (χ0v) is 16.5. The van der Waals surface area contributed by atoms with Crippen LogP contribution in [0.4, 0.5) is 10.1 Å². The van der Waals surface area contributed by atoms with E-state index in [2.05, 4.69) is 5.32 Å². The minimum absolute atomic E-state index is 0.0102. The van der Waals surface area contributed by atoms with Crippen molar-refractivity contribution in [3.8, 4) is 0 Å². The molecule has 0 aliphatic heterocycles. The number of halogens is 3. The maximum Gasteiger partial charge on any atom is 0.275 e.